The number of carbonyl (C=O) groups excluding carboxylic acids is 2. The second-order valence-corrected chi connectivity index (χ2v) is 4.78. The molecular weight excluding hydrogens is 196 g/mol. The standard InChI is InChI=1S/C11H18O4/c1-11(2,3)15-10(13)6-8-7-14-5-4-9(8)12/h8H,4-7H2,1-3H3/t8-/m0/s1. The highest BCUT2D eigenvalue weighted by Gasteiger charge is 2.27. The van der Waals surface area contributed by atoms with E-state index in [0.717, 1.165) is 0 Å². The number of esters is 1. The van der Waals surface area contributed by atoms with Gasteiger partial charge in [0.1, 0.15) is 11.4 Å². The first-order chi connectivity index (χ1) is 6.88. The van der Waals surface area contributed by atoms with Gasteiger partial charge in [0.2, 0.25) is 0 Å². The Hall–Kier alpha value is -0.900. The Bertz CT molecular complexity index is 252. The summed E-state index contributed by atoms with van der Waals surface area (Å²) in [5.41, 5.74) is -0.490. The fourth-order valence-electron chi connectivity index (χ4n) is 1.45. The van der Waals surface area contributed by atoms with Crippen molar-refractivity contribution < 1.29 is 19.1 Å². The molecule has 0 amide bonds. The molecule has 0 unspecified atom stereocenters. The van der Waals surface area contributed by atoms with E-state index in [-0.39, 0.29) is 24.1 Å². The van der Waals surface area contributed by atoms with E-state index in [1.165, 1.54) is 0 Å². The minimum absolute atomic E-state index is 0.104. The Morgan fingerprint density at radius 1 is 1.53 bits per heavy atom. The highest BCUT2D eigenvalue weighted by Crippen LogP contribution is 2.16. The van der Waals surface area contributed by atoms with Crippen LogP contribution in [0.25, 0.3) is 0 Å². The van der Waals surface area contributed by atoms with Gasteiger partial charge in [-0.15, -0.1) is 0 Å². The molecule has 0 bridgehead atoms. The van der Waals surface area contributed by atoms with Gasteiger partial charge < -0.3 is 9.47 Å². The Kier molecular flexibility index (Phi) is 3.85. The number of hydrogen-bond donors (Lipinski definition) is 0. The van der Waals surface area contributed by atoms with E-state index < -0.39 is 5.60 Å². The molecule has 0 aromatic heterocycles. The highest BCUT2D eigenvalue weighted by atomic mass is 16.6. The highest BCUT2D eigenvalue weighted by molar-refractivity contribution is 5.86. The van der Waals surface area contributed by atoms with Crippen molar-refractivity contribution in [2.45, 2.75) is 39.2 Å². The first-order valence-corrected chi connectivity index (χ1v) is 5.21. The number of ether oxygens (including phenoxy) is 2. The van der Waals surface area contributed by atoms with Crippen LogP contribution < -0.4 is 0 Å². The maximum absolute atomic E-state index is 11.4. The third-order valence-electron chi connectivity index (χ3n) is 2.10. The first-order valence-electron chi connectivity index (χ1n) is 5.21. The monoisotopic (exact) mass is 214 g/mol. The fraction of sp³-hybridized carbons (Fsp3) is 0.818. The minimum Gasteiger partial charge on any atom is -0.460 e. The van der Waals surface area contributed by atoms with E-state index in [2.05, 4.69) is 0 Å². The molecular formula is C11H18O4. The third kappa shape index (κ3) is 4.42. The smallest absolute Gasteiger partial charge is 0.307 e. The summed E-state index contributed by atoms with van der Waals surface area (Å²) in [5.74, 6) is -0.535. The lowest BCUT2D eigenvalue weighted by molar-refractivity contribution is -0.159. The van der Waals surface area contributed by atoms with Crippen molar-refractivity contribution in [3.05, 3.63) is 0 Å². The fourth-order valence-corrected chi connectivity index (χ4v) is 1.45. The first kappa shape index (κ1) is 12.2. The summed E-state index contributed by atoms with van der Waals surface area (Å²) >= 11 is 0. The maximum atomic E-state index is 11.4. The third-order valence-corrected chi connectivity index (χ3v) is 2.10. The zero-order valence-corrected chi connectivity index (χ0v) is 9.54. The number of carbonyl (C=O) groups is 2. The molecule has 15 heavy (non-hydrogen) atoms. The van der Waals surface area contributed by atoms with Crippen molar-refractivity contribution in [2.24, 2.45) is 5.92 Å². The summed E-state index contributed by atoms with van der Waals surface area (Å²) in [6.07, 6.45) is 0.545. The predicted octanol–water partition coefficient (Wildman–Crippen LogP) is 1.32. The molecule has 0 radical (unpaired) electrons. The van der Waals surface area contributed by atoms with Crippen LogP contribution in [0.2, 0.25) is 0 Å². The van der Waals surface area contributed by atoms with Gasteiger partial charge in [-0.25, -0.2) is 0 Å². The van der Waals surface area contributed by atoms with E-state index in [1.54, 1.807) is 0 Å². The lowest BCUT2D eigenvalue weighted by atomic mass is 9.97. The molecule has 1 atom stereocenters. The van der Waals surface area contributed by atoms with Crippen LogP contribution in [0.4, 0.5) is 0 Å². The molecule has 0 aromatic carbocycles. The summed E-state index contributed by atoms with van der Waals surface area (Å²) in [7, 11) is 0. The molecule has 0 aliphatic carbocycles. The van der Waals surface area contributed by atoms with E-state index >= 15 is 0 Å². The Labute approximate surface area is 89.9 Å². The number of hydrogen-bond acceptors (Lipinski definition) is 4. The molecule has 4 heteroatoms. The van der Waals surface area contributed by atoms with Crippen LogP contribution in [-0.2, 0) is 19.1 Å². The zero-order valence-electron chi connectivity index (χ0n) is 9.54. The average molecular weight is 214 g/mol. The largest absolute Gasteiger partial charge is 0.460 e. The van der Waals surface area contributed by atoms with Crippen LogP contribution in [-0.4, -0.2) is 30.6 Å². The Morgan fingerprint density at radius 3 is 2.73 bits per heavy atom. The molecule has 86 valence electrons. The van der Waals surface area contributed by atoms with Crippen molar-refractivity contribution >= 4 is 11.8 Å². The molecule has 1 heterocycles. The lowest BCUT2D eigenvalue weighted by Crippen LogP contribution is -2.32. The summed E-state index contributed by atoms with van der Waals surface area (Å²) in [6.45, 7) is 6.25. The van der Waals surface area contributed by atoms with Gasteiger partial charge in [0, 0.05) is 6.42 Å². The van der Waals surface area contributed by atoms with Crippen molar-refractivity contribution in [3.63, 3.8) is 0 Å². The number of rotatable bonds is 2. The van der Waals surface area contributed by atoms with E-state index in [9.17, 15) is 9.59 Å². The van der Waals surface area contributed by atoms with E-state index in [0.29, 0.717) is 19.6 Å². The van der Waals surface area contributed by atoms with Gasteiger partial charge in [-0.05, 0) is 20.8 Å². The van der Waals surface area contributed by atoms with Gasteiger partial charge in [0.25, 0.3) is 0 Å². The quantitative estimate of drug-likeness (QED) is 0.651. The average Bonchev–Trinajstić information content (AvgIpc) is 2.05. The summed E-state index contributed by atoms with van der Waals surface area (Å²) in [6, 6.07) is 0. The van der Waals surface area contributed by atoms with Gasteiger partial charge in [-0.1, -0.05) is 0 Å². The molecule has 1 fully saturated rings. The summed E-state index contributed by atoms with van der Waals surface area (Å²) in [4.78, 5) is 22.9. The Balaban J connectivity index is 2.40. The minimum atomic E-state index is -0.490. The molecule has 0 aromatic rings. The Morgan fingerprint density at radius 2 is 2.20 bits per heavy atom. The van der Waals surface area contributed by atoms with Crippen LogP contribution in [0, 0.1) is 5.92 Å². The molecule has 1 rings (SSSR count). The van der Waals surface area contributed by atoms with Crippen molar-refractivity contribution in [3.8, 4) is 0 Å². The summed E-state index contributed by atoms with van der Waals surface area (Å²) < 4.78 is 10.3. The molecule has 0 spiro atoms. The second kappa shape index (κ2) is 4.75. The summed E-state index contributed by atoms with van der Waals surface area (Å²) in [5, 5.41) is 0. The normalized spacial score (nSPS) is 22.6. The maximum Gasteiger partial charge on any atom is 0.307 e. The van der Waals surface area contributed by atoms with Crippen LogP contribution in [0.3, 0.4) is 0 Å². The van der Waals surface area contributed by atoms with Gasteiger partial charge in [-0.3, -0.25) is 9.59 Å². The van der Waals surface area contributed by atoms with E-state index in [1.807, 2.05) is 20.8 Å². The SMILES string of the molecule is CC(C)(C)OC(=O)C[C@H]1COCCC1=O. The molecule has 1 saturated heterocycles. The zero-order chi connectivity index (χ0) is 11.5. The molecule has 0 N–H and O–H groups in total. The molecule has 1 aliphatic rings. The van der Waals surface area contributed by atoms with Crippen LogP contribution in [0.5, 0.6) is 0 Å². The topological polar surface area (TPSA) is 52.6 Å². The van der Waals surface area contributed by atoms with Crippen molar-refractivity contribution in [1.29, 1.82) is 0 Å². The molecule has 0 saturated carbocycles. The van der Waals surface area contributed by atoms with Crippen LogP contribution >= 0.6 is 0 Å². The number of Topliss-reactive ketones (excluding diaryl/α,β-unsaturated/α-hetero) is 1. The van der Waals surface area contributed by atoms with Crippen molar-refractivity contribution in [1.82, 2.24) is 0 Å². The van der Waals surface area contributed by atoms with Crippen LogP contribution in [0.1, 0.15) is 33.6 Å². The predicted molar refractivity (Wildman–Crippen MR) is 54.4 cm³/mol. The lowest BCUT2D eigenvalue weighted by Gasteiger charge is -2.23. The van der Waals surface area contributed by atoms with Crippen LogP contribution in [0.15, 0.2) is 0 Å². The second-order valence-electron chi connectivity index (χ2n) is 4.78. The van der Waals surface area contributed by atoms with Gasteiger partial charge in [0.15, 0.2) is 0 Å². The van der Waals surface area contributed by atoms with Gasteiger partial charge >= 0.3 is 5.97 Å². The van der Waals surface area contributed by atoms with Crippen molar-refractivity contribution in [2.75, 3.05) is 13.2 Å². The molecule has 1 aliphatic heterocycles. The van der Waals surface area contributed by atoms with E-state index in [4.69, 9.17) is 9.47 Å². The van der Waals surface area contributed by atoms with Gasteiger partial charge in [0.05, 0.1) is 25.6 Å². The molecule has 4 nitrogen and oxygen atoms in total. The van der Waals surface area contributed by atoms with Gasteiger partial charge in [-0.2, -0.15) is 0 Å². The number of ketones is 1.